The molecule has 1 aromatic rings. The molecule has 110 valence electrons. The smallest absolute Gasteiger partial charge is 0.222 e. The van der Waals surface area contributed by atoms with Crippen molar-refractivity contribution in [1.29, 1.82) is 0 Å². The van der Waals surface area contributed by atoms with Crippen LogP contribution in [0.1, 0.15) is 31.9 Å². The first kappa shape index (κ1) is 16.7. The lowest BCUT2D eigenvalue weighted by Crippen LogP contribution is -2.35. The van der Waals surface area contributed by atoms with E-state index < -0.39 is 6.10 Å². The van der Waals surface area contributed by atoms with Gasteiger partial charge < -0.3 is 15.7 Å². The van der Waals surface area contributed by atoms with E-state index in [0.29, 0.717) is 0 Å². The Morgan fingerprint density at radius 2 is 1.90 bits per heavy atom. The summed E-state index contributed by atoms with van der Waals surface area (Å²) in [6.07, 6.45) is -0.459. The van der Waals surface area contributed by atoms with Gasteiger partial charge >= 0.3 is 0 Å². The molecule has 3 N–H and O–H groups in total. The van der Waals surface area contributed by atoms with Crippen molar-refractivity contribution in [2.24, 2.45) is 0 Å². The summed E-state index contributed by atoms with van der Waals surface area (Å²) >= 11 is 3.34. The zero-order valence-electron chi connectivity index (χ0n) is 11.5. The first-order valence-corrected chi connectivity index (χ1v) is 7.15. The van der Waals surface area contributed by atoms with Crippen molar-refractivity contribution in [3.05, 3.63) is 34.3 Å². The number of nitrogens with one attached hydrogen (secondary N) is 2. The second kappa shape index (κ2) is 8.01. The molecule has 5 nitrogen and oxygen atoms in total. The molecule has 0 bridgehead atoms. The minimum absolute atomic E-state index is 0.133. The molecule has 0 aromatic heterocycles. The molecule has 1 rings (SSSR count). The molecule has 2 atom stereocenters. The van der Waals surface area contributed by atoms with Crippen LogP contribution in [0.4, 0.5) is 0 Å². The minimum atomic E-state index is -0.592. The Kier molecular flexibility index (Phi) is 6.67. The third-order valence-electron chi connectivity index (χ3n) is 2.63. The van der Waals surface area contributed by atoms with Crippen LogP contribution in [0.25, 0.3) is 0 Å². The van der Waals surface area contributed by atoms with E-state index in [1.165, 1.54) is 6.92 Å². The number of amides is 2. The van der Waals surface area contributed by atoms with Crippen LogP contribution in [0.2, 0.25) is 0 Å². The molecule has 0 aliphatic rings. The number of hydrogen-bond donors (Lipinski definition) is 3. The van der Waals surface area contributed by atoms with Crippen LogP contribution in [0.15, 0.2) is 28.7 Å². The molecule has 0 fully saturated rings. The van der Waals surface area contributed by atoms with E-state index in [1.807, 2.05) is 24.3 Å². The van der Waals surface area contributed by atoms with Crippen LogP contribution in [-0.2, 0) is 9.59 Å². The van der Waals surface area contributed by atoms with Crippen LogP contribution in [0.5, 0.6) is 0 Å². The number of aliphatic hydroxyl groups excluding tert-OH is 1. The predicted octanol–water partition coefficient (Wildman–Crippen LogP) is 1.51. The van der Waals surface area contributed by atoms with E-state index >= 15 is 0 Å². The maximum atomic E-state index is 11.8. The Morgan fingerprint density at radius 3 is 2.40 bits per heavy atom. The van der Waals surface area contributed by atoms with Gasteiger partial charge in [0.25, 0.3) is 0 Å². The molecule has 0 saturated carbocycles. The Labute approximate surface area is 126 Å². The average Bonchev–Trinajstić information content (AvgIpc) is 2.36. The van der Waals surface area contributed by atoms with Gasteiger partial charge in [-0.2, -0.15) is 0 Å². The van der Waals surface area contributed by atoms with Gasteiger partial charge in [-0.1, -0.05) is 28.1 Å². The minimum Gasteiger partial charge on any atom is -0.392 e. The van der Waals surface area contributed by atoms with Crippen LogP contribution in [-0.4, -0.2) is 29.6 Å². The Bertz CT molecular complexity index is 460. The molecular weight excluding hydrogens is 324 g/mol. The quantitative estimate of drug-likeness (QED) is 0.733. The number of aliphatic hydroxyl groups is 1. The summed E-state index contributed by atoms with van der Waals surface area (Å²) in [5.74, 6) is -0.409. The van der Waals surface area contributed by atoms with Crippen LogP contribution in [0.3, 0.4) is 0 Å². The van der Waals surface area contributed by atoms with Gasteiger partial charge in [0, 0.05) is 17.9 Å². The second-order valence-corrected chi connectivity index (χ2v) is 5.58. The molecule has 0 saturated heterocycles. The summed E-state index contributed by atoms with van der Waals surface area (Å²) in [6.45, 7) is 3.21. The molecule has 0 radical (unpaired) electrons. The molecule has 0 spiro atoms. The fraction of sp³-hybridized carbons (Fsp3) is 0.429. The molecule has 6 heteroatoms. The SMILES string of the molecule is CC(=O)NC(CC(=O)NCC(C)O)c1ccc(Br)cc1. The maximum absolute atomic E-state index is 11.8. The molecular formula is C14H19BrN2O3. The van der Waals surface area contributed by atoms with Gasteiger partial charge in [-0.3, -0.25) is 9.59 Å². The van der Waals surface area contributed by atoms with E-state index in [2.05, 4.69) is 26.6 Å². The lowest BCUT2D eigenvalue weighted by atomic mass is 10.0. The zero-order valence-corrected chi connectivity index (χ0v) is 13.1. The number of rotatable bonds is 6. The van der Waals surface area contributed by atoms with Crippen LogP contribution >= 0.6 is 15.9 Å². The van der Waals surface area contributed by atoms with Crippen molar-refractivity contribution in [3.8, 4) is 0 Å². The van der Waals surface area contributed by atoms with Crippen molar-refractivity contribution in [2.45, 2.75) is 32.4 Å². The number of hydrogen-bond acceptors (Lipinski definition) is 3. The summed E-state index contributed by atoms with van der Waals surface area (Å²) in [6, 6.07) is 7.05. The van der Waals surface area contributed by atoms with Crippen molar-refractivity contribution in [1.82, 2.24) is 10.6 Å². The number of carbonyl (C=O) groups excluding carboxylic acids is 2. The highest BCUT2D eigenvalue weighted by Gasteiger charge is 2.17. The zero-order chi connectivity index (χ0) is 15.1. The highest BCUT2D eigenvalue weighted by atomic mass is 79.9. The topological polar surface area (TPSA) is 78.4 Å². The summed E-state index contributed by atoms with van der Waals surface area (Å²) < 4.78 is 0.932. The van der Waals surface area contributed by atoms with E-state index in [0.717, 1.165) is 10.0 Å². The molecule has 2 unspecified atom stereocenters. The van der Waals surface area contributed by atoms with Crippen molar-refractivity contribution < 1.29 is 14.7 Å². The fourth-order valence-electron chi connectivity index (χ4n) is 1.71. The summed E-state index contributed by atoms with van der Waals surface area (Å²) in [4.78, 5) is 23.0. The molecule has 0 aliphatic carbocycles. The van der Waals surface area contributed by atoms with Crippen molar-refractivity contribution in [2.75, 3.05) is 6.54 Å². The number of carbonyl (C=O) groups is 2. The average molecular weight is 343 g/mol. The van der Waals surface area contributed by atoms with Crippen molar-refractivity contribution in [3.63, 3.8) is 0 Å². The highest BCUT2D eigenvalue weighted by Crippen LogP contribution is 2.19. The van der Waals surface area contributed by atoms with Crippen molar-refractivity contribution >= 4 is 27.7 Å². The maximum Gasteiger partial charge on any atom is 0.222 e. The van der Waals surface area contributed by atoms with E-state index in [1.54, 1.807) is 6.92 Å². The van der Waals surface area contributed by atoms with Gasteiger partial charge in [-0.05, 0) is 24.6 Å². The summed E-state index contributed by atoms with van der Waals surface area (Å²) in [7, 11) is 0. The number of halogens is 1. The third kappa shape index (κ3) is 6.16. The predicted molar refractivity (Wildman–Crippen MR) is 80.0 cm³/mol. The lowest BCUT2D eigenvalue weighted by Gasteiger charge is -2.18. The molecule has 0 aliphatic heterocycles. The monoisotopic (exact) mass is 342 g/mol. The van der Waals surface area contributed by atoms with Gasteiger partial charge in [-0.15, -0.1) is 0 Å². The Hall–Kier alpha value is -1.40. The normalized spacial score (nSPS) is 13.4. The second-order valence-electron chi connectivity index (χ2n) is 4.66. The molecule has 1 aromatic carbocycles. The number of benzene rings is 1. The van der Waals surface area contributed by atoms with Crippen LogP contribution < -0.4 is 10.6 Å². The first-order valence-electron chi connectivity index (χ1n) is 6.36. The van der Waals surface area contributed by atoms with E-state index in [4.69, 9.17) is 5.11 Å². The van der Waals surface area contributed by atoms with Gasteiger partial charge in [-0.25, -0.2) is 0 Å². The fourth-order valence-corrected chi connectivity index (χ4v) is 1.98. The van der Waals surface area contributed by atoms with Gasteiger partial charge in [0.1, 0.15) is 0 Å². The Balaban J connectivity index is 2.71. The third-order valence-corrected chi connectivity index (χ3v) is 3.16. The Morgan fingerprint density at radius 1 is 1.30 bits per heavy atom. The van der Waals surface area contributed by atoms with E-state index in [9.17, 15) is 9.59 Å². The van der Waals surface area contributed by atoms with Gasteiger partial charge in [0.15, 0.2) is 0 Å². The van der Waals surface area contributed by atoms with E-state index in [-0.39, 0.29) is 30.8 Å². The van der Waals surface area contributed by atoms with Gasteiger partial charge in [0.2, 0.25) is 11.8 Å². The molecule has 2 amide bonds. The largest absolute Gasteiger partial charge is 0.392 e. The molecule has 0 heterocycles. The summed E-state index contributed by atoms with van der Waals surface area (Å²) in [5.41, 5.74) is 0.857. The lowest BCUT2D eigenvalue weighted by molar-refractivity contribution is -0.123. The molecule has 20 heavy (non-hydrogen) atoms. The standard InChI is InChI=1S/C14H19BrN2O3/c1-9(18)8-16-14(20)7-13(17-10(2)19)11-3-5-12(15)6-4-11/h3-6,9,13,18H,7-8H2,1-2H3,(H,16,20)(H,17,19). The summed E-state index contributed by atoms with van der Waals surface area (Å²) in [5, 5.41) is 14.5. The highest BCUT2D eigenvalue weighted by molar-refractivity contribution is 9.10. The van der Waals surface area contributed by atoms with Crippen LogP contribution in [0, 0.1) is 0 Å². The first-order chi connectivity index (χ1) is 9.38. The van der Waals surface area contributed by atoms with Gasteiger partial charge in [0.05, 0.1) is 18.6 Å².